The first kappa shape index (κ1) is 7.14. The summed E-state index contributed by atoms with van der Waals surface area (Å²) < 4.78 is 5.17. The summed E-state index contributed by atoms with van der Waals surface area (Å²) in [6.45, 7) is 6.06. The predicted molar refractivity (Wildman–Crippen MR) is 33.6 cm³/mol. The van der Waals surface area contributed by atoms with Crippen LogP contribution in [0.2, 0.25) is 13.1 Å². The first-order valence-electron chi connectivity index (χ1n) is 2.54. The monoisotopic (exact) mass is 119 g/mol. The lowest BCUT2D eigenvalue weighted by atomic mass is 10.7. The van der Waals surface area contributed by atoms with Crippen LogP contribution in [0.3, 0.4) is 0 Å². The quantitative estimate of drug-likeness (QED) is 0.419. The van der Waals surface area contributed by atoms with Crippen molar-refractivity contribution in [3.63, 3.8) is 0 Å². The SMILES string of the molecule is CC(N)O[SiH](C)C. The molecule has 0 saturated carbocycles. The van der Waals surface area contributed by atoms with Gasteiger partial charge in [-0.1, -0.05) is 0 Å². The highest BCUT2D eigenvalue weighted by Gasteiger charge is 1.96. The maximum Gasteiger partial charge on any atom is 0.173 e. The van der Waals surface area contributed by atoms with Crippen LogP contribution in [0, 0.1) is 0 Å². The minimum atomic E-state index is -0.853. The van der Waals surface area contributed by atoms with E-state index in [4.69, 9.17) is 10.2 Å². The second-order valence-electron chi connectivity index (χ2n) is 1.89. The van der Waals surface area contributed by atoms with Crippen molar-refractivity contribution < 1.29 is 4.43 Å². The minimum absolute atomic E-state index is 0.0633. The van der Waals surface area contributed by atoms with Crippen molar-refractivity contribution >= 4 is 9.04 Å². The molecule has 0 radical (unpaired) electrons. The molecule has 0 aromatic rings. The first-order chi connectivity index (χ1) is 3.13. The van der Waals surface area contributed by atoms with Gasteiger partial charge in [0.05, 0.1) is 6.23 Å². The number of hydrogen-bond acceptors (Lipinski definition) is 2. The zero-order valence-corrected chi connectivity index (χ0v) is 6.29. The molecular weight excluding hydrogens is 106 g/mol. The van der Waals surface area contributed by atoms with Crippen LogP contribution in [0.25, 0.3) is 0 Å². The average Bonchev–Trinajstić information content (AvgIpc) is 1.27. The molecule has 0 aliphatic carbocycles. The Morgan fingerprint density at radius 3 is 2.00 bits per heavy atom. The molecule has 0 amide bonds. The van der Waals surface area contributed by atoms with Crippen LogP contribution in [0.4, 0.5) is 0 Å². The van der Waals surface area contributed by atoms with Crippen LogP contribution in [0.15, 0.2) is 0 Å². The maximum absolute atomic E-state index is 5.31. The number of hydrogen-bond donors (Lipinski definition) is 1. The highest BCUT2D eigenvalue weighted by Crippen LogP contribution is 1.84. The molecular formula is C4H13NOSi. The summed E-state index contributed by atoms with van der Waals surface area (Å²) in [6.07, 6.45) is -0.0633. The van der Waals surface area contributed by atoms with E-state index in [1.54, 1.807) is 0 Å². The summed E-state index contributed by atoms with van der Waals surface area (Å²) >= 11 is 0. The number of rotatable bonds is 2. The van der Waals surface area contributed by atoms with Crippen LogP contribution in [0.1, 0.15) is 6.92 Å². The van der Waals surface area contributed by atoms with Gasteiger partial charge in [-0.3, -0.25) is 0 Å². The lowest BCUT2D eigenvalue weighted by Crippen LogP contribution is -2.25. The molecule has 0 aliphatic heterocycles. The summed E-state index contributed by atoms with van der Waals surface area (Å²) in [5.41, 5.74) is 5.31. The Morgan fingerprint density at radius 1 is 1.57 bits per heavy atom. The van der Waals surface area contributed by atoms with E-state index in [0.717, 1.165) is 0 Å². The maximum atomic E-state index is 5.31. The number of nitrogens with two attached hydrogens (primary N) is 1. The van der Waals surface area contributed by atoms with Gasteiger partial charge in [-0.05, 0) is 20.0 Å². The van der Waals surface area contributed by atoms with Gasteiger partial charge in [0.25, 0.3) is 0 Å². The molecule has 3 heteroatoms. The van der Waals surface area contributed by atoms with Crippen molar-refractivity contribution in [2.75, 3.05) is 0 Å². The fourth-order valence-electron chi connectivity index (χ4n) is 0.429. The molecule has 0 rings (SSSR count). The molecule has 0 bridgehead atoms. The highest BCUT2D eigenvalue weighted by molar-refractivity contribution is 6.48. The van der Waals surface area contributed by atoms with Gasteiger partial charge >= 0.3 is 0 Å². The Bertz CT molecular complexity index is 41.0. The largest absolute Gasteiger partial charge is 0.406 e. The van der Waals surface area contributed by atoms with Crippen molar-refractivity contribution in [1.29, 1.82) is 0 Å². The van der Waals surface area contributed by atoms with Gasteiger partial charge in [-0.2, -0.15) is 0 Å². The standard InChI is InChI=1S/C4H13NOSi/c1-4(5)6-7(2)3/h4,7H,5H2,1-3H3. The molecule has 7 heavy (non-hydrogen) atoms. The van der Waals surface area contributed by atoms with Gasteiger partial charge in [-0.25, -0.2) is 0 Å². The third-order valence-electron chi connectivity index (χ3n) is 0.487. The zero-order chi connectivity index (χ0) is 5.86. The first-order valence-corrected chi connectivity index (χ1v) is 5.32. The fourth-order valence-corrected chi connectivity index (χ4v) is 1.29. The second kappa shape index (κ2) is 3.18. The van der Waals surface area contributed by atoms with Gasteiger partial charge < -0.3 is 10.2 Å². The third-order valence-corrected chi connectivity index (χ3v) is 1.46. The smallest absolute Gasteiger partial charge is 0.173 e. The van der Waals surface area contributed by atoms with Crippen molar-refractivity contribution in [3.8, 4) is 0 Å². The Kier molecular flexibility index (Phi) is 3.24. The van der Waals surface area contributed by atoms with E-state index in [1.807, 2.05) is 6.92 Å². The summed E-state index contributed by atoms with van der Waals surface area (Å²) in [5, 5.41) is 0. The molecule has 0 fully saturated rings. The van der Waals surface area contributed by atoms with Crippen LogP contribution < -0.4 is 5.73 Å². The Labute approximate surface area is 46.4 Å². The topological polar surface area (TPSA) is 35.2 Å². The molecule has 0 aliphatic rings. The highest BCUT2D eigenvalue weighted by atomic mass is 28.3. The third kappa shape index (κ3) is 6.14. The van der Waals surface area contributed by atoms with Crippen LogP contribution in [-0.4, -0.2) is 15.3 Å². The molecule has 2 N–H and O–H groups in total. The van der Waals surface area contributed by atoms with Crippen molar-refractivity contribution in [1.82, 2.24) is 0 Å². The lowest BCUT2D eigenvalue weighted by Gasteiger charge is -2.08. The summed E-state index contributed by atoms with van der Waals surface area (Å²) in [4.78, 5) is 0. The van der Waals surface area contributed by atoms with Gasteiger partial charge in [-0.15, -0.1) is 0 Å². The molecule has 0 saturated heterocycles. The molecule has 2 nitrogen and oxygen atoms in total. The van der Waals surface area contributed by atoms with E-state index in [0.29, 0.717) is 0 Å². The van der Waals surface area contributed by atoms with Crippen LogP contribution >= 0.6 is 0 Å². The minimum Gasteiger partial charge on any atom is -0.406 e. The second-order valence-corrected chi connectivity index (χ2v) is 4.26. The van der Waals surface area contributed by atoms with Gasteiger partial charge in [0.15, 0.2) is 9.04 Å². The van der Waals surface area contributed by atoms with E-state index in [1.165, 1.54) is 0 Å². The van der Waals surface area contributed by atoms with E-state index in [-0.39, 0.29) is 6.23 Å². The fraction of sp³-hybridized carbons (Fsp3) is 1.00. The van der Waals surface area contributed by atoms with Crippen molar-refractivity contribution in [3.05, 3.63) is 0 Å². The predicted octanol–water partition coefficient (Wildman–Crippen LogP) is 0.291. The van der Waals surface area contributed by atoms with E-state index in [2.05, 4.69) is 13.1 Å². The van der Waals surface area contributed by atoms with E-state index >= 15 is 0 Å². The van der Waals surface area contributed by atoms with E-state index < -0.39 is 9.04 Å². The summed E-state index contributed by atoms with van der Waals surface area (Å²) in [5.74, 6) is 0. The molecule has 0 spiro atoms. The molecule has 1 atom stereocenters. The summed E-state index contributed by atoms with van der Waals surface area (Å²) in [7, 11) is -0.853. The molecule has 0 aromatic carbocycles. The molecule has 44 valence electrons. The average molecular weight is 119 g/mol. The summed E-state index contributed by atoms with van der Waals surface area (Å²) in [6, 6.07) is 0. The van der Waals surface area contributed by atoms with Crippen molar-refractivity contribution in [2.45, 2.75) is 26.2 Å². The van der Waals surface area contributed by atoms with Gasteiger partial charge in [0.2, 0.25) is 0 Å². The Hall–Kier alpha value is 0.137. The molecule has 0 aromatic heterocycles. The molecule has 1 unspecified atom stereocenters. The van der Waals surface area contributed by atoms with Gasteiger partial charge in [0, 0.05) is 0 Å². The van der Waals surface area contributed by atoms with Crippen LogP contribution in [0.5, 0.6) is 0 Å². The Morgan fingerprint density at radius 2 is 2.00 bits per heavy atom. The van der Waals surface area contributed by atoms with E-state index in [9.17, 15) is 0 Å². The van der Waals surface area contributed by atoms with Gasteiger partial charge in [0.1, 0.15) is 0 Å². The van der Waals surface area contributed by atoms with Crippen molar-refractivity contribution in [2.24, 2.45) is 5.73 Å². The lowest BCUT2D eigenvalue weighted by molar-refractivity contribution is 0.234. The van der Waals surface area contributed by atoms with Crippen LogP contribution in [-0.2, 0) is 4.43 Å². The Balaban J connectivity index is 2.95. The zero-order valence-electron chi connectivity index (χ0n) is 5.14. The molecule has 0 heterocycles. The normalized spacial score (nSPS) is 15.0.